The Morgan fingerprint density at radius 3 is 2.41 bits per heavy atom. The zero-order valence-electron chi connectivity index (χ0n) is 16.1. The maximum atomic E-state index is 14.3. The highest BCUT2D eigenvalue weighted by Gasteiger charge is 2.12. The van der Waals surface area contributed by atoms with E-state index < -0.39 is 0 Å². The van der Waals surface area contributed by atoms with Crippen molar-refractivity contribution in [3.63, 3.8) is 0 Å². The van der Waals surface area contributed by atoms with Crippen LogP contribution in [-0.2, 0) is 0 Å². The number of para-hydroxylation sites is 1. The first-order chi connectivity index (χ1) is 14.2. The van der Waals surface area contributed by atoms with Crippen molar-refractivity contribution in [2.24, 2.45) is 5.10 Å². The summed E-state index contributed by atoms with van der Waals surface area (Å²) in [5.74, 6) is 1.24. The van der Waals surface area contributed by atoms with Gasteiger partial charge in [0.05, 0.1) is 23.9 Å². The summed E-state index contributed by atoms with van der Waals surface area (Å²) in [6.45, 7) is 1.90. The third kappa shape index (κ3) is 3.91. The second-order valence-corrected chi connectivity index (χ2v) is 6.43. The van der Waals surface area contributed by atoms with E-state index in [2.05, 4.69) is 20.5 Å². The lowest BCUT2D eigenvalue weighted by Gasteiger charge is -2.10. The summed E-state index contributed by atoms with van der Waals surface area (Å²) in [6.07, 6.45) is 0. The minimum atomic E-state index is -0.369. The molecule has 0 aliphatic heterocycles. The van der Waals surface area contributed by atoms with E-state index >= 15 is 0 Å². The Morgan fingerprint density at radius 2 is 1.66 bits per heavy atom. The molecule has 0 atom stereocenters. The number of hydrogen-bond donors (Lipinski definition) is 1. The first kappa shape index (κ1) is 18.6. The van der Waals surface area contributed by atoms with Gasteiger partial charge in [-0.15, -0.1) is 0 Å². The summed E-state index contributed by atoms with van der Waals surface area (Å²) >= 11 is 0. The summed E-state index contributed by atoms with van der Waals surface area (Å²) in [5, 5.41) is 5.27. The highest BCUT2D eigenvalue weighted by Crippen LogP contribution is 2.26. The van der Waals surface area contributed by atoms with E-state index in [9.17, 15) is 4.39 Å². The van der Waals surface area contributed by atoms with E-state index in [1.54, 1.807) is 25.3 Å². The zero-order chi connectivity index (χ0) is 20.2. The molecule has 0 radical (unpaired) electrons. The van der Waals surface area contributed by atoms with Gasteiger partial charge in [0.1, 0.15) is 11.6 Å². The average Bonchev–Trinajstić information content (AvgIpc) is 2.77. The number of ether oxygens (including phenoxy) is 1. The fourth-order valence-corrected chi connectivity index (χ4v) is 2.96. The van der Waals surface area contributed by atoms with Gasteiger partial charge in [-0.25, -0.2) is 14.4 Å². The lowest BCUT2D eigenvalue weighted by molar-refractivity contribution is 0.415. The van der Waals surface area contributed by atoms with Crippen molar-refractivity contribution in [2.45, 2.75) is 6.92 Å². The van der Waals surface area contributed by atoms with Crippen molar-refractivity contribution in [2.75, 3.05) is 12.5 Å². The van der Waals surface area contributed by atoms with Crippen LogP contribution >= 0.6 is 0 Å². The van der Waals surface area contributed by atoms with Crippen LogP contribution in [0.15, 0.2) is 77.9 Å². The molecule has 0 aliphatic rings. The SMILES string of the molecule is COc1ccc(/C(C)=N\Nc2nc(-c3ccccc3F)nc3ccccc23)cc1. The molecule has 0 fully saturated rings. The smallest absolute Gasteiger partial charge is 0.165 e. The second-order valence-electron chi connectivity index (χ2n) is 6.43. The fraction of sp³-hybridized carbons (Fsp3) is 0.0870. The van der Waals surface area contributed by atoms with Gasteiger partial charge in [0.15, 0.2) is 11.6 Å². The van der Waals surface area contributed by atoms with E-state index in [0.717, 1.165) is 22.4 Å². The van der Waals surface area contributed by atoms with Crippen molar-refractivity contribution < 1.29 is 9.13 Å². The van der Waals surface area contributed by atoms with Crippen LogP contribution < -0.4 is 10.2 Å². The number of halogens is 1. The van der Waals surface area contributed by atoms with Crippen LogP contribution in [0, 0.1) is 5.82 Å². The summed E-state index contributed by atoms with van der Waals surface area (Å²) < 4.78 is 19.5. The molecule has 0 bridgehead atoms. The first-order valence-electron chi connectivity index (χ1n) is 9.12. The molecule has 6 heteroatoms. The molecule has 1 heterocycles. The van der Waals surface area contributed by atoms with Crippen molar-refractivity contribution >= 4 is 22.4 Å². The minimum Gasteiger partial charge on any atom is -0.497 e. The topological polar surface area (TPSA) is 59.4 Å². The number of nitrogens with one attached hydrogen (secondary N) is 1. The van der Waals surface area contributed by atoms with Gasteiger partial charge in [-0.3, -0.25) is 5.43 Å². The summed E-state index contributed by atoms with van der Waals surface area (Å²) in [6, 6.07) is 21.6. The minimum absolute atomic E-state index is 0.307. The Balaban J connectivity index is 1.73. The Bertz CT molecular complexity index is 1190. The third-order valence-corrected chi connectivity index (χ3v) is 4.56. The number of benzene rings is 3. The predicted octanol–water partition coefficient (Wildman–Crippen LogP) is 5.28. The fourth-order valence-electron chi connectivity index (χ4n) is 2.96. The van der Waals surface area contributed by atoms with E-state index in [1.165, 1.54) is 6.07 Å². The lowest BCUT2D eigenvalue weighted by atomic mass is 10.1. The van der Waals surface area contributed by atoms with Crippen LogP contribution in [0.1, 0.15) is 12.5 Å². The first-order valence-corrected chi connectivity index (χ1v) is 9.12. The zero-order valence-corrected chi connectivity index (χ0v) is 16.1. The van der Waals surface area contributed by atoms with E-state index in [1.807, 2.05) is 55.5 Å². The number of hydrogen-bond acceptors (Lipinski definition) is 5. The summed E-state index contributed by atoms with van der Waals surface area (Å²) in [7, 11) is 1.63. The molecule has 0 amide bonds. The van der Waals surface area contributed by atoms with Crippen molar-refractivity contribution in [3.05, 3.63) is 84.2 Å². The van der Waals surface area contributed by atoms with E-state index in [0.29, 0.717) is 22.7 Å². The molecule has 4 rings (SSSR count). The quantitative estimate of drug-likeness (QED) is 0.374. The van der Waals surface area contributed by atoms with Gasteiger partial charge in [0.2, 0.25) is 0 Å². The molecule has 0 saturated heterocycles. The van der Waals surface area contributed by atoms with Gasteiger partial charge in [-0.2, -0.15) is 5.10 Å². The van der Waals surface area contributed by atoms with Crippen LogP contribution in [0.2, 0.25) is 0 Å². The number of methoxy groups -OCH3 is 1. The number of aromatic nitrogens is 2. The average molecular weight is 386 g/mol. The van der Waals surface area contributed by atoms with Crippen LogP contribution in [0.5, 0.6) is 5.75 Å². The van der Waals surface area contributed by atoms with Crippen molar-refractivity contribution in [3.8, 4) is 17.1 Å². The standard InChI is InChI=1S/C23H19FN4O/c1-15(16-11-13-17(29-2)14-12-16)27-28-23-19-8-4-6-10-21(19)25-22(26-23)18-7-3-5-9-20(18)24/h3-14H,1-2H3,(H,25,26,28)/b27-15-. The molecular formula is C23H19FN4O. The van der Waals surface area contributed by atoms with Gasteiger partial charge in [0, 0.05) is 5.39 Å². The van der Waals surface area contributed by atoms with Gasteiger partial charge in [-0.05, 0) is 61.0 Å². The molecule has 1 aromatic heterocycles. The molecule has 144 valence electrons. The van der Waals surface area contributed by atoms with Gasteiger partial charge < -0.3 is 4.74 Å². The molecule has 0 aliphatic carbocycles. The molecule has 1 N–H and O–H groups in total. The summed E-state index contributed by atoms with van der Waals surface area (Å²) in [4.78, 5) is 9.05. The third-order valence-electron chi connectivity index (χ3n) is 4.56. The molecule has 3 aromatic carbocycles. The molecule has 5 nitrogen and oxygen atoms in total. The molecule has 29 heavy (non-hydrogen) atoms. The molecular weight excluding hydrogens is 367 g/mol. The Hall–Kier alpha value is -3.80. The predicted molar refractivity (Wildman–Crippen MR) is 114 cm³/mol. The molecule has 0 spiro atoms. The van der Waals surface area contributed by atoms with Gasteiger partial charge in [0.25, 0.3) is 0 Å². The second kappa shape index (κ2) is 8.06. The molecule has 4 aromatic rings. The van der Waals surface area contributed by atoms with Crippen molar-refractivity contribution in [1.29, 1.82) is 0 Å². The Morgan fingerprint density at radius 1 is 0.931 bits per heavy atom. The van der Waals surface area contributed by atoms with Crippen LogP contribution in [-0.4, -0.2) is 22.8 Å². The van der Waals surface area contributed by atoms with E-state index in [4.69, 9.17) is 4.74 Å². The number of nitrogens with zero attached hydrogens (tertiary/aromatic N) is 3. The number of anilines is 1. The van der Waals surface area contributed by atoms with Gasteiger partial charge in [-0.1, -0.05) is 24.3 Å². The summed E-state index contributed by atoms with van der Waals surface area (Å²) in [5.41, 5.74) is 5.81. The van der Waals surface area contributed by atoms with Crippen LogP contribution in [0.25, 0.3) is 22.3 Å². The number of fused-ring (bicyclic) bond motifs is 1. The lowest BCUT2D eigenvalue weighted by Crippen LogP contribution is -2.03. The normalized spacial score (nSPS) is 11.5. The van der Waals surface area contributed by atoms with Crippen LogP contribution in [0.4, 0.5) is 10.2 Å². The highest BCUT2D eigenvalue weighted by atomic mass is 19.1. The number of rotatable bonds is 5. The maximum absolute atomic E-state index is 14.3. The van der Waals surface area contributed by atoms with Crippen LogP contribution in [0.3, 0.4) is 0 Å². The monoisotopic (exact) mass is 386 g/mol. The van der Waals surface area contributed by atoms with Gasteiger partial charge >= 0.3 is 0 Å². The largest absolute Gasteiger partial charge is 0.497 e. The Labute approximate surface area is 167 Å². The molecule has 0 saturated carbocycles. The Kier molecular flexibility index (Phi) is 5.16. The molecule has 0 unspecified atom stereocenters. The maximum Gasteiger partial charge on any atom is 0.165 e. The highest BCUT2D eigenvalue weighted by molar-refractivity contribution is 5.99. The number of hydrazone groups is 1. The van der Waals surface area contributed by atoms with E-state index in [-0.39, 0.29) is 5.82 Å². The van der Waals surface area contributed by atoms with Crippen molar-refractivity contribution in [1.82, 2.24) is 9.97 Å².